The molecule has 1 N–H and O–H groups in total. The van der Waals surface area contributed by atoms with Gasteiger partial charge in [-0.3, -0.25) is 0 Å². The molecule has 0 saturated heterocycles. The molecule has 0 spiro atoms. The van der Waals surface area contributed by atoms with Crippen LogP contribution in [0.3, 0.4) is 0 Å². The van der Waals surface area contributed by atoms with Crippen molar-refractivity contribution in [2.24, 2.45) is 0 Å². The smallest absolute Gasteiger partial charge is 0.140 e. The lowest BCUT2D eigenvalue weighted by Gasteiger charge is -2.13. The number of hydrogen-bond acceptors (Lipinski definition) is 4. The normalized spacial score (nSPS) is 12.5. The summed E-state index contributed by atoms with van der Waals surface area (Å²) < 4.78 is 11.8. The average Bonchev–Trinajstić information content (AvgIpc) is 2.68. The highest BCUT2D eigenvalue weighted by Gasteiger charge is 2.13. The summed E-state index contributed by atoms with van der Waals surface area (Å²) in [5.41, 5.74) is 2.52. The minimum absolute atomic E-state index is 0.377. The number of aliphatic hydroxyl groups excluding tert-OH is 1. The van der Waals surface area contributed by atoms with Crippen molar-refractivity contribution >= 4 is 15.9 Å². The minimum atomic E-state index is -0.586. The fourth-order valence-corrected chi connectivity index (χ4v) is 2.21. The third-order valence-corrected chi connectivity index (χ3v) is 3.47. The van der Waals surface area contributed by atoms with Crippen molar-refractivity contribution in [3.63, 3.8) is 0 Å². The number of aromatic nitrogens is 1. The van der Waals surface area contributed by atoms with E-state index in [4.69, 9.17) is 9.26 Å². The first-order valence-electron chi connectivity index (χ1n) is 6.01. The van der Waals surface area contributed by atoms with Crippen LogP contribution < -0.4 is 4.74 Å². The van der Waals surface area contributed by atoms with E-state index in [9.17, 15) is 5.11 Å². The van der Waals surface area contributed by atoms with Gasteiger partial charge < -0.3 is 14.4 Å². The summed E-state index contributed by atoms with van der Waals surface area (Å²) in [4.78, 5) is 0. The zero-order valence-electron chi connectivity index (χ0n) is 11.1. The Balaban J connectivity index is 2.20. The molecule has 0 unspecified atom stereocenters. The number of aliphatic hydroxyl groups is 1. The molecule has 1 aromatic carbocycles. The monoisotopic (exact) mass is 325 g/mol. The van der Waals surface area contributed by atoms with Crippen LogP contribution in [0.15, 0.2) is 27.2 Å². The molecule has 2 aromatic rings. The van der Waals surface area contributed by atoms with Gasteiger partial charge in [0.05, 0.1) is 17.4 Å². The van der Waals surface area contributed by atoms with Gasteiger partial charge in [-0.25, -0.2) is 0 Å². The highest BCUT2D eigenvalue weighted by Crippen LogP contribution is 2.29. The quantitative estimate of drug-likeness (QED) is 0.931. The van der Waals surface area contributed by atoms with Crippen LogP contribution in [0.5, 0.6) is 5.75 Å². The van der Waals surface area contributed by atoms with Crippen LogP contribution in [-0.4, -0.2) is 10.3 Å². The van der Waals surface area contributed by atoms with Gasteiger partial charge in [-0.05, 0) is 39.0 Å². The predicted octanol–water partition coefficient (Wildman–Crippen LogP) is 3.69. The van der Waals surface area contributed by atoms with E-state index >= 15 is 0 Å². The summed E-state index contributed by atoms with van der Waals surface area (Å²) in [6, 6.07) is 5.58. The van der Waals surface area contributed by atoms with Crippen LogP contribution in [-0.2, 0) is 6.61 Å². The summed E-state index contributed by atoms with van der Waals surface area (Å²) in [5.74, 6) is 1.42. The summed E-state index contributed by atoms with van der Waals surface area (Å²) in [6.45, 7) is 5.83. The first-order chi connectivity index (χ1) is 8.99. The molecule has 0 fully saturated rings. The molecule has 2 rings (SSSR count). The van der Waals surface area contributed by atoms with Crippen LogP contribution in [0.1, 0.15) is 35.6 Å². The van der Waals surface area contributed by atoms with Crippen molar-refractivity contribution in [1.82, 2.24) is 5.16 Å². The maximum atomic E-state index is 9.76. The topological polar surface area (TPSA) is 55.5 Å². The Labute approximate surface area is 120 Å². The van der Waals surface area contributed by atoms with Crippen molar-refractivity contribution in [2.45, 2.75) is 33.5 Å². The zero-order valence-corrected chi connectivity index (χ0v) is 12.7. The lowest BCUT2D eigenvalue weighted by Crippen LogP contribution is -2.02. The molecular weight excluding hydrogens is 310 g/mol. The average molecular weight is 326 g/mol. The molecule has 0 saturated carbocycles. The Bertz CT molecular complexity index is 559. The molecule has 1 heterocycles. The molecule has 19 heavy (non-hydrogen) atoms. The second-order valence-corrected chi connectivity index (χ2v) is 5.37. The van der Waals surface area contributed by atoms with Gasteiger partial charge in [-0.15, -0.1) is 0 Å². The molecule has 5 heteroatoms. The number of ether oxygens (including phenoxy) is 1. The molecule has 4 nitrogen and oxygen atoms in total. The van der Waals surface area contributed by atoms with E-state index in [1.165, 1.54) is 0 Å². The molecule has 1 aromatic heterocycles. The van der Waals surface area contributed by atoms with Crippen LogP contribution in [0.4, 0.5) is 0 Å². The fourth-order valence-electron chi connectivity index (χ4n) is 1.84. The number of benzene rings is 1. The van der Waals surface area contributed by atoms with Gasteiger partial charge in [0.2, 0.25) is 0 Å². The standard InChI is InChI=1S/C14H16BrNO3/c1-8-13(10(3)19-16-8)7-18-14-5-4-11(15)6-12(14)9(2)17/h4-6,9,17H,7H2,1-3H3/t9-/m0/s1. The van der Waals surface area contributed by atoms with Gasteiger partial charge in [0.15, 0.2) is 0 Å². The molecule has 102 valence electrons. The predicted molar refractivity (Wildman–Crippen MR) is 75.1 cm³/mol. The lowest BCUT2D eigenvalue weighted by atomic mass is 10.1. The number of nitrogens with zero attached hydrogens (tertiary/aromatic N) is 1. The van der Waals surface area contributed by atoms with E-state index in [0.717, 1.165) is 27.1 Å². The Morgan fingerprint density at radius 1 is 1.42 bits per heavy atom. The molecule has 0 aliphatic carbocycles. The van der Waals surface area contributed by atoms with E-state index in [0.29, 0.717) is 12.4 Å². The highest BCUT2D eigenvalue weighted by molar-refractivity contribution is 9.10. The summed E-state index contributed by atoms with van der Waals surface area (Å²) in [7, 11) is 0. The Morgan fingerprint density at radius 3 is 2.74 bits per heavy atom. The maximum Gasteiger partial charge on any atom is 0.140 e. The largest absolute Gasteiger partial charge is 0.488 e. The Morgan fingerprint density at radius 2 is 2.16 bits per heavy atom. The second-order valence-electron chi connectivity index (χ2n) is 4.45. The van der Waals surface area contributed by atoms with Crippen molar-refractivity contribution < 1.29 is 14.4 Å². The van der Waals surface area contributed by atoms with E-state index in [1.54, 1.807) is 6.92 Å². The third-order valence-electron chi connectivity index (χ3n) is 2.98. The van der Waals surface area contributed by atoms with Gasteiger partial charge in [0.1, 0.15) is 18.1 Å². The molecule has 1 atom stereocenters. The first kappa shape index (κ1) is 14.1. The van der Waals surface area contributed by atoms with Crippen LogP contribution >= 0.6 is 15.9 Å². The molecule has 0 amide bonds. The van der Waals surface area contributed by atoms with Gasteiger partial charge in [-0.2, -0.15) is 0 Å². The number of aryl methyl sites for hydroxylation is 2. The van der Waals surface area contributed by atoms with E-state index in [1.807, 2.05) is 32.0 Å². The maximum absolute atomic E-state index is 9.76. The summed E-state index contributed by atoms with van der Waals surface area (Å²) >= 11 is 3.39. The van der Waals surface area contributed by atoms with Crippen molar-refractivity contribution in [3.8, 4) is 5.75 Å². The molecule has 0 bridgehead atoms. The Kier molecular flexibility index (Phi) is 4.27. The number of halogens is 1. The molecule has 0 radical (unpaired) electrons. The van der Waals surface area contributed by atoms with E-state index in [2.05, 4.69) is 21.1 Å². The second kappa shape index (κ2) is 5.75. The summed E-state index contributed by atoms with van der Waals surface area (Å²) in [6.07, 6.45) is -0.586. The molecule has 0 aliphatic heterocycles. The van der Waals surface area contributed by atoms with Crippen molar-refractivity contribution in [1.29, 1.82) is 0 Å². The van der Waals surface area contributed by atoms with Gasteiger partial charge in [0.25, 0.3) is 0 Å². The zero-order chi connectivity index (χ0) is 14.0. The molecular formula is C14H16BrNO3. The van der Waals surface area contributed by atoms with E-state index in [-0.39, 0.29) is 0 Å². The van der Waals surface area contributed by atoms with Crippen LogP contribution in [0.2, 0.25) is 0 Å². The van der Waals surface area contributed by atoms with Crippen molar-refractivity contribution in [2.75, 3.05) is 0 Å². The SMILES string of the molecule is Cc1noc(C)c1COc1ccc(Br)cc1[C@H](C)O. The van der Waals surface area contributed by atoms with Gasteiger partial charge >= 0.3 is 0 Å². The van der Waals surface area contributed by atoms with Gasteiger partial charge in [0, 0.05) is 10.0 Å². The molecule has 0 aliphatic rings. The third kappa shape index (κ3) is 3.16. The lowest BCUT2D eigenvalue weighted by molar-refractivity contribution is 0.190. The minimum Gasteiger partial charge on any atom is -0.488 e. The fraction of sp³-hybridized carbons (Fsp3) is 0.357. The highest BCUT2D eigenvalue weighted by atomic mass is 79.9. The number of hydrogen-bond donors (Lipinski definition) is 1. The number of rotatable bonds is 4. The van der Waals surface area contributed by atoms with E-state index < -0.39 is 6.10 Å². The van der Waals surface area contributed by atoms with Crippen molar-refractivity contribution in [3.05, 3.63) is 45.3 Å². The van der Waals surface area contributed by atoms with Crippen LogP contribution in [0, 0.1) is 13.8 Å². The summed E-state index contributed by atoms with van der Waals surface area (Å²) in [5, 5.41) is 13.7. The van der Waals surface area contributed by atoms with Crippen LogP contribution in [0.25, 0.3) is 0 Å². The Hall–Kier alpha value is -1.33. The van der Waals surface area contributed by atoms with Gasteiger partial charge in [-0.1, -0.05) is 21.1 Å². The first-order valence-corrected chi connectivity index (χ1v) is 6.80.